The van der Waals surface area contributed by atoms with Gasteiger partial charge in [-0.05, 0) is 5.92 Å². The van der Waals surface area contributed by atoms with E-state index in [1.165, 1.54) is 12.3 Å². The van der Waals surface area contributed by atoms with Crippen molar-refractivity contribution in [2.45, 2.75) is 0 Å². The minimum absolute atomic E-state index is 0.131. The van der Waals surface area contributed by atoms with Crippen molar-refractivity contribution < 1.29 is 9.72 Å². The first-order valence-electron chi connectivity index (χ1n) is 3.51. The number of hydrogen-bond acceptors (Lipinski definition) is 4. The Kier molecular flexibility index (Phi) is 2.76. The lowest BCUT2D eigenvalue weighted by Crippen LogP contribution is -2.06. The van der Waals surface area contributed by atoms with Crippen LogP contribution in [-0.2, 0) is 4.79 Å². The van der Waals surface area contributed by atoms with E-state index in [1.54, 1.807) is 0 Å². The van der Waals surface area contributed by atoms with E-state index in [-0.39, 0.29) is 11.4 Å². The molecule has 0 unspecified atom stereocenters. The minimum Gasteiger partial charge on any atom is -0.359 e. The van der Waals surface area contributed by atoms with Crippen molar-refractivity contribution in [1.82, 2.24) is 4.98 Å². The van der Waals surface area contributed by atoms with E-state index >= 15 is 0 Å². The Bertz CT molecular complexity index is 445. The van der Waals surface area contributed by atoms with Crippen molar-refractivity contribution in [1.29, 1.82) is 0 Å². The number of primary amides is 1. The quantitative estimate of drug-likeness (QED) is 0.378. The Morgan fingerprint density at radius 3 is 2.93 bits per heavy atom. The summed E-state index contributed by atoms with van der Waals surface area (Å²) in [7, 11) is 0. The zero-order valence-electron chi connectivity index (χ0n) is 6.93. The van der Waals surface area contributed by atoms with Crippen molar-refractivity contribution in [2.75, 3.05) is 0 Å². The van der Waals surface area contributed by atoms with E-state index in [0.717, 1.165) is 6.07 Å². The molecule has 0 aliphatic heterocycles. The van der Waals surface area contributed by atoms with Crippen LogP contribution in [0.3, 0.4) is 0 Å². The van der Waals surface area contributed by atoms with Gasteiger partial charge < -0.3 is 5.73 Å². The largest absolute Gasteiger partial charge is 0.359 e. The predicted octanol–water partition coefficient (Wildman–Crippen LogP) is -0.173. The maximum absolute atomic E-state index is 10.3. The molecule has 1 amide bonds. The summed E-state index contributed by atoms with van der Waals surface area (Å²) in [6, 6.07) is 2.39. The minimum atomic E-state index is -0.807. The Morgan fingerprint density at radius 1 is 1.64 bits per heavy atom. The van der Waals surface area contributed by atoms with Crippen molar-refractivity contribution in [3.8, 4) is 11.8 Å². The molecular weight excluding hydrogens is 186 g/mol. The highest BCUT2D eigenvalue weighted by atomic mass is 16.6. The Hall–Kier alpha value is -2.42. The third-order valence-corrected chi connectivity index (χ3v) is 1.27. The SMILES string of the molecule is NC(=O)C#Cc1cc([N+](=O)[O-])ccn1. The molecule has 0 aliphatic rings. The zero-order valence-corrected chi connectivity index (χ0v) is 6.93. The number of hydrogen-bond donors (Lipinski definition) is 1. The fraction of sp³-hybridized carbons (Fsp3) is 0. The van der Waals surface area contributed by atoms with Gasteiger partial charge in [-0.3, -0.25) is 14.9 Å². The van der Waals surface area contributed by atoms with E-state index in [0.29, 0.717) is 0 Å². The van der Waals surface area contributed by atoms with Gasteiger partial charge in [0.1, 0.15) is 5.69 Å². The van der Waals surface area contributed by atoms with Gasteiger partial charge in [-0.1, -0.05) is 0 Å². The Balaban J connectivity index is 3.02. The lowest BCUT2D eigenvalue weighted by atomic mass is 10.3. The number of nitrogens with two attached hydrogens (primary N) is 1. The van der Waals surface area contributed by atoms with E-state index in [2.05, 4.69) is 10.9 Å². The summed E-state index contributed by atoms with van der Waals surface area (Å²) in [6.07, 6.45) is 1.24. The summed E-state index contributed by atoms with van der Waals surface area (Å²) in [5, 5.41) is 10.3. The van der Waals surface area contributed by atoms with Crippen LogP contribution >= 0.6 is 0 Å². The van der Waals surface area contributed by atoms with Crippen LogP contribution in [0.5, 0.6) is 0 Å². The van der Waals surface area contributed by atoms with Gasteiger partial charge in [0.2, 0.25) is 0 Å². The number of carbonyl (C=O) groups excluding carboxylic acids is 1. The highest BCUT2D eigenvalue weighted by Gasteiger charge is 2.04. The van der Waals surface area contributed by atoms with E-state index in [4.69, 9.17) is 5.73 Å². The van der Waals surface area contributed by atoms with E-state index < -0.39 is 10.8 Å². The molecule has 14 heavy (non-hydrogen) atoms. The molecule has 2 N–H and O–H groups in total. The normalized spacial score (nSPS) is 8.57. The molecule has 0 saturated carbocycles. The van der Waals surface area contributed by atoms with Crippen molar-refractivity contribution in [3.63, 3.8) is 0 Å². The number of nitrogens with zero attached hydrogens (tertiary/aromatic N) is 2. The molecule has 1 aromatic heterocycles. The first kappa shape index (κ1) is 9.67. The monoisotopic (exact) mass is 191 g/mol. The molecular formula is C8H5N3O3. The van der Waals surface area contributed by atoms with Gasteiger partial charge in [0.25, 0.3) is 11.6 Å². The van der Waals surface area contributed by atoms with Crippen LogP contribution < -0.4 is 5.73 Å². The Morgan fingerprint density at radius 2 is 2.36 bits per heavy atom. The smallest absolute Gasteiger partial charge is 0.293 e. The van der Waals surface area contributed by atoms with Gasteiger partial charge >= 0.3 is 0 Å². The molecule has 1 heterocycles. The number of nitro groups is 1. The summed E-state index contributed by atoms with van der Waals surface area (Å²) in [6.45, 7) is 0. The number of amides is 1. The van der Waals surface area contributed by atoms with Crippen LogP contribution in [0, 0.1) is 22.0 Å². The first-order valence-corrected chi connectivity index (χ1v) is 3.51. The molecule has 6 nitrogen and oxygen atoms in total. The molecule has 0 bridgehead atoms. The molecule has 70 valence electrons. The standard InChI is InChI=1S/C8H5N3O3/c9-8(12)2-1-6-5-7(11(13)14)3-4-10-6/h3-5H,(H2,9,12). The average Bonchev–Trinajstić information content (AvgIpc) is 2.15. The van der Waals surface area contributed by atoms with E-state index in [1.807, 2.05) is 5.92 Å². The highest BCUT2D eigenvalue weighted by Crippen LogP contribution is 2.09. The first-order chi connectivity index (χ1) is 6.59. The summed E-state index contributed by atoms with van der Waals surface area (Å²) >= 11 is 0. The summed E-state index contributed by atoms with van der Waals surface area (Å²) < 4.78 is 0. The highest BCUT2D eigenvalue weighted by molar-refractivity contribution is 5.92. The molecule has 1 aromatic rings. The van der Waals surface area contributed by atoms with Gasteiger partial charge in [-0.25, -0.2) is 4.98 Å². The lowest BCUT2D eigenvalue weighted by Gasteiger charge is -1.90. The maximum Gasteiger partial charge on any atom is 0.293 e. The van der Waals surface area contributed by atoms with Gasteiger partial charge in [-0.2, -0.15) is 0 Å². The average molecular weight is 191 g/mol. The van der Waals surface area contributed by atoms with Crippen LogP contribution in [0.4, 0.5) is 5.69 Å². The van der Waals surface area contributed by atoms with Crippen LogP contribution in [0.2, 0.25) is 0 Å². The van der Waals surface area contributed by atoms with Gasteiger partial charge in [0, 0.05) is 18.2 Å². The number of carbonyl (C=O) groups is 1. The molecule has 0 saturated heterocycles. The second-order valence-corrected chi connectivity index (χ2v) is 2.27. The third kappa shape index (κ3) is 2.57. The molecule has 0 aromatic carbocycles. The van der Waals surface area contributed by atoms with Crippen LogP contribution in [0.15, 0.2) is 18.3 Å². The molecule has 0 radical (unpaired) electrons. The molecule has 0 fully saturated rings. The van der Waals surface area contributed by atoms with Crippen molar-refractivity contribution in [3.05, 3.63) is 34.1 Å². The predicted molar refractivity (Wildman–Crippen MR) is 47.0 cm³/mol. The van der Waals surface area contributed by atoms with Crippen LogP contribution in [0.1, 0.15) is 5.69 Å². The summed E-state index contributed by atoms with van der Waals surface area (Å²) in [4.78, 5) is 23.7. The topological polar surface area (TPSA) is 99.1 Å². The number of aromatic nitrogens is 1. The van der Waals surface area contributed by atoms with Crippen molar-refractivity contribution in [2.24, 2.45) is 5.73 Å². The second kappa shape index (κ2) is 4.00. The van der Waals surface area contributed by atoms with Crippen molar-refractivity contribution >= 4 is 11.6 Å². The number of rotatable bonds is 1. The summed E-state index contributed by atoms with van der Waals surface area (Å²) in [5.41, 5.74) is 4.77. The second-order valence-electron chi connectivity index (χ2n) is 2.27. The molecule has 0 atom stereocenters. The molecule has 1 rings (SSSR count). The van der Waals surface area contributed by atoms with Gasteiger partial charge in [-0.15, -0.1) is 0 Å². The summed E-state index contributed by atoms with van der Waals surface area (Å²) in [5.74, 6) is 3.52. The fourth-order valence-electron chi connectivity index (χ4n) is 0.727. The van der Waals surface area contributed by atoms with Crippen LogP contribution in [0.25, 0.3) is 0 Å². The molecule has 0 spiro atoms. The maximum atomic E-state index is 10.3. The van der Waals surface area contributed by atoms with Crippen LogP contribution in [-0.4, -0.2) is 15.8 Å². The fourth-order valence-corrected chi connectivity index (χ4v) is 0.727. The van der Waals surface area contributed by atoms with Gasteiger partial charge in [0.05, 0.1) is 11.0 Å². The molecule has 0 aliphatic carbocycles. The van der Waals surface area contributed by atoms with Gasteiger partial charge in [0.15, 0.2) is 0 Å². The third-order valence-electron chi connectivity index (χ3n) is 1.27. The lowest BCUT2D eigenvalue weighted by molar-refractivity contribution is -0.385. The number of pyridine rings is 1. The van der Waals surface area contributed by atoms with E-state index in [9.17, 15) is 14.9 Å². The zero-order chi connectivity index (χ0) is 10.6. The molecule has 6 heteroatoms. The Labute approximate surface area is 78.9 Å².